The van der Waals surface area contributed by atoms with E-state index >= 15 is 0 Å². The van der Waals surface area contributed by atoms with Crippen LogP contribution in [0.5, 0.6) is 5.75 Å². The fourth-order valence-corrected chi connectivity index (χ4v) is 2.11. The molecule has 0 spiro atoms. The second kappa shape index (κ2) is 10.4. The van der Waals surface area contributed by atoms with Crippen LogP contribution >= 0.6 is 0 Å². The summed E-state index contributed by atoms with van der Waals surface area (Å²) in [6, 6.07) is 11.1. The first-order valence-electron chi connectivity index (χ1n) is 8.39. The number of carbonyl (C=O) groups is 2. The normalized spacial score (nSPS) is 10.4. The number of nitro groups is 1. The Bertz CT molecular complexity index is 911. The Morgan fingerprint density at radius 2 is 1.90 bits per heavy atom. The molecular formula is C19H19N3O7. The second-order valence-corrected chi connectivity index (χ2v) is 5.75. The summed E-state index contributed by atoms with van der Waals surface area (Å²) < 4.78 is 9.81. The molecule has 0 saturated heterocycles. The predicted molar refractivity (Wildman–Crippen MR) is 104 cm³/mol. The van der Waals surface area contributed by atoms with Crippen molar-refractivity contribution in [2.45, 2.75) is 6.92 Å². The van der Waals surface area contributed by atoms with Gasteiger partial charge in [0, 0.05) is 12.1 Å². The molecule has 0 saturated carbocycles. The number of carbonyl (C=O) groups excluding carboxylic acids is 2. The zero-order valence-electron chi connectivity index (χ0n) is 15.8. The average Bonchev–Trinajstić information content (AvgIpc) is 2.71. The Labute approximate surface area is 166 Å². The van der Waals surface area contributed by atoms with Crippen LogP contribution in [0.1, 0.15) is 11.1 Å². The second-order valence-electron chi connectivity index (χ2n) is 5.75. The van der Waals surface area contributed by atoms with Crippen LogP contribution in [0.3, 0.4) is 0 Å². The van der Waals surface area contributed by atoms with E-state index in [-0.39, 0.29) is 11.4 Å². The third-order valence-corrected chi connectivity index (χ3v) is 3.64. The fourth-order valence-electron chi connectivity index (χ4n) is 2.11. The van der Waals surface area contributed by atoms with Gasteiger partial charge < -0.3 is 19.6 Å². The molecule has 10 nitrogen and oxygen atoms in total. The first-order valence-corrected chi connectivity index (χ1v) is 8.39. The van der Waals surface area contributed by atoms with Crippen LogP contribution in [0, 0.1) is 17.0 Å². The van der Waals surface area contributed by atoms with Gasteiger partial charge in [-0.1, -0.05) is 11.2 Å². The van der Waals surface area contributed by atoms with Gasteiger partial charge in [0.05, 0.1) is 23.9 Å². The molecule has 0 radical (unpaired) electrons. The summed E-state index contributed by atoms with van der Waals surface area (Å²) in [6.07, 6.45) is 1.41. The van der Waals surface area contributed by atoms with Crippen LogP contribution in [0.25, 0.3) is 0 Å². The molecule has 29 heavy (non-hydrogen) atoms. The highest BCUT2D eigenvalue weighted by Gasteiger charge is 2.13. The number of oxime groups is 1. The van der Waals surface area contributed by atoms with Gasteiger partial charge in [-0.2, -0.15) is 0 Å². The topological polar surface area (TPSA) is 129 Å². The number of hydrogen-bond donors (Lipinski definition) is 1. The van der Waals surface area contributed by atoms with Crippen molar-refractivity contribution >= 4 is 29.5 Å². The highest BCUT2D eigenvalue weighted by molar-refractivity contribution is 5.93. The van der Waals surface area contributed by atoms with Crippen molar-refractivity contribution in [2.24, 2.45) is 5.16 Å². The van der Waals surface area contributed by atoms with Gasteiger partial charge in [0.15, 0.2) is 6.61 Å². The van der Waals surface area contributed by atoms with Gasteiger partial charge in [0.25, 0.3) is 11.6 Å². The summed E-state index contributed by atoms with van der Waals surface area (Å²) in [6.45, 7) is 0.641. The molecule has 0 aromatic heterocycles. The number of non-ortho nitro benzene ring substituents is 1. The van der Waals surface area contributed by atoms with Crippen LogP contribution in [-0.2, 0) is 19.2 Å². The van der Waals surface area contributed by atoms with E-state index in [1.807, 2.05) is 0 Å². The van der Waals surface area contributed by atoms with Gasteiger partial charge in [-0.15, -0.1) is 0 Å². The third-order valence-electron chi connectivity index (χ3n) is 3.64. The number of benzene rings is 2. The lowest BCUT2D eigenvalue weighted by Gasteiger charge is -2.08. The third kappa shape index (κ3) is 6.94. The minimum Gasteiger partial charge on any atom is -0.497 e. The van der Waals surface area contributed by atoms with Crippen molar-refractivity contribution in [1.82, 2.24) is 0 Å². The summed E-state index contributed by atoms with van der Waals surface area (Å²) in [5.41, 5.74) is 1.48. The molecule has 2 aromatic rings. The molecule has 2 rings (SSSR count). The molecule has 0 aliphatic carbocycles. The van der Waals surface area contributed by atoms with Gasteiger partial charge in [0.2, 0.25) is 6.61 Å². The lowest BCUT2D eigenvalue weighted by Crippen LogP contribution is -2.22. The number of nitro benzene ring substituents is 1. The largest absolute Gasteiger partial charge is 0.497 e. The lowest BCUT2D eigenvalue weighted by atomic mass is 10.2. The molecule has 2 aromatic carbocycles. The van der Waals surface area contributed by atoms with Crippen molar-refractivity contribution in [3.63, 3.8) is 0 Å². The number of hydrogen-bond acceptors (Lipinski definition) is 8. The van der Waals surface area contributed by atoms with E-state index in [1.165, 1.54) is 24.4 Å². The first-order chi connectivity index (χ1) is 13.9. The first kappa shape index (κ1) is 21.4. The summed E-state index contributed by atoms with van der Waals surface area (Å²) in [4.78, 5) is 38.5. The maximum Gasteiger partial charge on any atom is 0.347 e. The number of nitrogens with zero attached hydrogens (tertiary/aromatic N) is 2. The van der Waals surface area contributed by atoms with E-state index < -0.39 is 30.0 Å². The van der Waals surface area contributed by atoms with Crippen LogP contribution in [0.15, 0.2) is 47.6 Å². The zero-order chi connectivity index (χ0) is 21.2. The van der Waals surface area contributed by atoms with Crippen molar-refractivity contribution in [1.29, 1.82) is 0 Å². The maximum absolute atomic E-state index is 11.9. The molecule has 0 fully saturated rings. The van der Waals surface area contributed by atoms with E-state index in [2.05, 4.69) is 10.5 Å². The molecule has 0 unspecified atom stereocenters. The Balaban J connectivity index is 1.74. The minimum atomic E-state index is -0.789. The van der Waals surface area contributed by atoms with Gasteiger partial charge in [-0.05, 0) is 42.3 Å². The highest BCUT2D eigenvalue weighted by Crippen LogP contribution is 2.21. The van der Waals surface area contributed by atoms with E-state index in [9.17, 15) is 19.7 Å². The SMILES string of the molecule is COc1ccc(/C=N\OCC(=O)OCC(=O)Nc2cc([N+](=O)[O-])ccc2C)cc1. The standard InChI is InChI=1S/C19H19N3O7/c1-13-3-6-15(22(25)26)9-17(13)21-18(23)11-28-19(24)12-29-20-10-14-4-7-16(27-2)8-5-14/h3-10H,11-12H2,1-2H3,(H,21,23)/b20-10-. The molecule has 0 aliphatic heterocycles. The van der Waals surface area contributed by atoms with Gasteiger partial charge in [0.1, 0.15) is 5.75 Å². The Kier molecular flexibility index (Phi) is 7.66. The number of amides is 1. The summed E-state index contributed by atoms with van der Waals surface area (Å²) in [5, 5.41) is 16.9. The Morgan fingerprint density at radius 1 is 1.17 bits per heavy atom. The lowest BCUT2D eigenvalue weighted by molar-refractivity contribution is -0.384. The Morgan fingerprint density at radius 3 is 2.55 bits per heavy atom. The molecular weight excluding hydrogens is 382 g/mol. The van der Waals surface area contributed by atoms with Crippen molar-refractivity contribution in [2.75, 3.05) is 25.6 Å². The van der Waals surface area contributed by atoms with Crippen LogP contribution < -0.4 is 10.1 Å². The van der Waals surface area contributed by atoms with Gasteiger partial charge >= 0.3 is 5.97 Å². The minimum absolute atomic E-state index is 0.161. The molecule has 0 bridgehead atoms. The molecule has 0 aliphatic rings. The van der Waals surface area contributed by atoms with Crippen molar-refractivity contribution in [3.05, 3.63) is 63.7 Å². The van der Waals surface area contributed by atoms with E-state index in [0.717, 1.165) is 5.56 Å². The highest BCUT2D eigenvalue weighted by atomic mass is 16.7. The van der Waals surface area contributed by atoms with E-state index in [4.69, 9.17) is 14.3 Å². The summed E-state index contributed by atoms with van der Waals surface area (Å²) in [5.74, 6) is -0.725. The van der Waals surface area contributed by atoms with Crippen LogP contribution in [0.2, 0.25) is 0 Å². The van der Waals surface area contributed by atoms with E-state index in [0.29, 0.717) is 11.3 Å². The van der Waals surface area contributed by atoms with Gasteiger partial charge in [-0.25, -0.2) is 4.79 Å². The number of esters is 1. The number of nitrogens with one attached hydrogen (secondary N) is 1. The molecule has 0 heterocycles. The number of methoxy groups -OCH3 is 1. The molecule has 10 heteroatoms. The summed E-state index contributed by atoms with van der Waals surface area (Å²) in [7, 11) is 1.56. The zero-order valence-corrected chi connectivity index (χ0v) is 15.8. The fraction of sp³-hybridized carbons (Fsp3) is 0.211. The monoisotopic (exact) mass is 401 g/mol. The predicted octanol–water partition coefficient (Wildman–Crippen LogP) is 2.44. The number of aryl methyl sites for hydroxylation is 1. The van der Waals surface area contributed by atoms with Gasteiger partial charge in [-0.3, -0.25) is 14.9 Å². The van der Waals surface area contributed by atoms with Crippen molar-refractivity contribution in [3.8, 4) is 5.75 Å². The quantitative estimate of drug-likeness (QED) is 0.296. The van der Waals surface area contributed by atoms with Crippen molar-refractivity contribution < 1.29 is 28.8 Å². The summed E-state index contributed by atoms with van der Waals surface area (Å²) >= 11 is 0. The molecule has 0 atom stereocenters. The number of rotatable bonds is 9. The van der Waals surface area contributed by atoms with Crippen LogP contribution in [0.4, 0.5) is 11.4 Å². The number of anilines is 1. The smallest absolute Gasteiger partial charge is 0.347 e. The van der Waals surface area contributed by atoms with Crippen LogP contribution in [-0.4, -0.2) is 43.3 Å². The maximum atomic E-state index is 11.9. The Hall–Kier alpha value is -3.95. The molecule has 1 amide bonds. The molecule has 1 N–H and O–H groups in total. The average molecular weight is 401 g/mol. The number of ether oxygens (including phenoxy) is 2. The molecule has 152 valence electrons. The van der Waals surface area contributed by atoms with E-state index in [1.54, 1.807) is 38.3 Å².